The Hall–Kier alpha value is -3.50. The third kappa shape index (κ3) is 5.77. The van der Waals surface area contributed by atoms with Crippen molar-refractivity contribution in [3.05, 3.63) is 64.5 Å². The minimum Gasteiger partial charge on any atom is -0.488 e. The number of primary amides is 1. The van der Waals surface area contributed by atoms with Crippen LogP contribution in [0.15, 0.2) is 36.4 Å². The van der Waals surface area contributed by atoms with Gasteiger partial charge in [0.05, 0.1) is 19.8 Å². The molecule has 1 atom stereocenters. The molecule has 2 aromatic carbocycles. The number of fused-ring (bicyclic) bond motifs is 1. The number of carboxylic acids is 1. The Balaban J connectivity index is 1.47. The molecule has 1 fully saturated rings. The standard InChI is InChI=1S/C25H28FN3O6/c26-20-5-4-16(13-28-8-10-34-11-9-28)12-17(20)15-35-22-3-1-2-18-19(22)14-29(25(18)33)21(24(27)32)6-7-23(30)31/h1-5,12,21H,6-11,13-15H2,(H2,27,32)(H,30,31). The van der Waals surface area contributed by atoms with E-state index in [0.29, 0.717) is 42.2 Å². The molecule has 0 radical (unpaired) electrons. The summed E-state index contributed by atoms with van der Waals surface area (Å²) in [5.41, 5.74) is 7.73. The van der Waals surface area contributed by atoms with Crippen LogP contribution >= 0.6 is 0 Å². The maximum absolute atomic E-state index is 14.5. The lowest BCUT2D eigenvalue weighted by Crippen LogP contribution is -2.45. The van der Waals surface area contributed by atoms with Gasteiger partial charge in [-0.15, -0.1) is 0 Å². The highest BCUT2D eigenvalue weighted by Crippen LogP contribution is 2.33. The molecule has 2 aliphatic rings. The number of hydrogen-bond donors (Lipinski definition) is 2. The molecule has 9 nitrogen and oxygen atoms in total. The number of nitrogens with two attached hydrogens (primary N) is 1. The number of aliphatic carboxylic acids is 1. The van der Waals surface area contributed by atoms with E-state index in [9.17, 15) is 18.8 Å². The van der Waals surface area contributed by atoms with Crippen molar-refractivity contribution in [2.45, 2.75) is 38.6 Å². The Kier molecular flexibility index (Phi) is 7.62. The van der Waals surface area contributed by atoms with Gasteiger partial charge < -0.3 is 25.2 Å². The molecule has 1 saturated heterocycles. The Bertz CT molecular complexity index is 1120. The highest BCUT2D eigenvalue weighted by Gasteiger charge is 2.37. The first-order valence-electron chi connectivity index (χ1n) is 11.5. The van der Waals surface area contributed by atoms with E-state index in [4.69, 9.17) is 20.3 Å². The van der Waals surface area contributed by atoms with Crippen LogP contribution in [0.2, 0.25) is 0 Å². The van der Waals surface area contributed by atoms with E-state index in [1.807, 2.05) is 0 Å². The van der Waals surface area contributed by atoms with Gasteiger partial charge in [-0.1, -0.05) is 12.1 Å². The van der Waals surface area contributed by atoms with Crippen molar-refractivity contribution in [3.63, 3.8) is 0 Å². The Labute approximate surface area is 202 Å². The SMILES string of the molecule is NC(=O)C(CCC(=O)O)N1Cc2c(OCc3cc(CN4CCOCC4)ccc3F)cccc2C1=O. The molecule has 4 rings (SSSR count). The predicted octanol–water partition coefficient (Wildman–Crippen LogP) is 1.91. The third-order valence-electron chi connectivity index (χ3n) is 6.29. The van der Waals surface area contributed by atoms with Gasteiger partial charge in [-0.3, -0.25) is 19.3 Å². The molecular weight excluding hydrogens is 457 g/mol. The first kappa shape index (κ1) is 24.6. The van der Waals surface area contributed by atoms with Gasteiger partial charge in [-0.05, 0) is 36.2 Å². The lowest BCUT2D eigenvalue weighted by molar-refractivity contribution is -0.137. The molecule has 2 heterocycles. The lowest BCUT2D eigenvalue weighted by atomic mass is 10.1. The van der Waals surface area contributed by atoms with Crippen molar-refractivity contribution in [2.75, 3.05) is 26.3 Å². The molecule has 10 heteroatoms. The van der Waals surface area contributed by atoms with E-state index in [1.54, 1.807) is 30.3 Å². The maximum atomic E-state index is 14.5. The van der Waals surface area contributed by atoms with Crippen LogP contribution in [0.25, 0.3) is 0 Å². The number of halogens is 1. The molecular formula is C25H28FN3O6. The molecule has 0 bridgehead atoms. The molecule has 1 unspecified atom stereocenters. The summed E-state index contributed by atoms with van der Waals surface area (Å²) in [5, 5.41) is 8.97. The number of carbonyl (C=O) groups excluding carboxylic acids is 2. The number of benzene rings is 2. The van der Waals surface area contributed by atoms with E-state index in [2.05, 4.69) is 4.90 Å². The predicted molar refractivity (Wildman–Crippen MR) is 123 cm³/mol. The van der Waals surface area contributed by atoms with Gasteiger partial charge in [-0.2, -0.15) is 0 Å². The van der Waals surface area contributed by atoms with Crippen LogP contribution in [-0.2, 0) is 34.0 Å². The number of ether oxygens (including phenoxy) is 2. The van der Waals surface area contributed by atoms with Gasteiger partial charge >= 0.3 is 5.97 Å². The van der Waals surface area contributed by atoms with E-state index >= 15 is 0 Å². The summed E-state index contributed by atoms with van der Waals surface area (Å²) in [5.74, 6) is -2.25. The minimum atomic E-state index is -1.08. The number of morpholine rings is 1. The zero-order valence-electron chi connectivity index (χ0n) is 19.2. The molecule has 0 aliphatic carbocycles. The number of amides is 2. The van der Waals surface area contributed by atoms with Crippen LogP contribution in [-0.4, -0.2) is 65.0 Å². The summed E-state index contributed by atoms with van der Waals surface area (Å²) >= 11 is 0. The van der Waals surface area contributed by atoms with Crippen LogP contribution < -0.4 is 10.5 Å². The van der Waals surface area contributed by atoms with Gasteiger partial charge in [0.1, 0.15) is 24.2 Å². The number of carbonyl (C=O) groups is 3. The number of hydrogen-bond acceptors (Lipinski definition) is 6. The van der Waals surface area contributed by atoms with Crippen LogP contribution in [0.4, 0.5) is 4.39 Å². The molecule has 0 saturated carbocycles. The summed E-state index contributed by atoms with van der Waals surface area (Å²) in [6, 6.07) is 8.86. The summed E-state index contributed by atoms with van der Waals surface area (Å²) in [6.07, 6.45) is -0.376. The second-order valence-electron chi connectivity index (χ2n) is 8.67. The molecule has 3 N–H and O–H groups in total. The molecule has 2 aliphatic heterocycles. The average molecular weight is 486 g/mol. The third-order valence-corrected chi connectivity index (χ3v) is 6.29. The quantitative estimate of drug-likeness (QED) is 0.527. The van der Waals surface area contributed by atoms with Gasteiger partial charge in [0.15, 0.2) is 0 Å². The first-order valence-corrected chi connectivity index (χ1v) is 11.5. The fourth-order valence-corrected chi connectivity index (χ4v) is 4.43. The molecule has 186 valence electrons. The minimum absolute atomic E-state index is 0.0360. The summed E-state index contributed by atoms with van der Waals surface area (Å²) in [4.78, 5) is 39.4. The lowest BCUT2D eigenvalue weighted by Gasteiger charge is -2.26. The van der Waals surface area contributed by atoms with Crippen molar-refractivity contribution in [1.82, 2.24) is 9.80 Å². The van der Waals surface area contributed by atoms with Gasteiger partial charge in [0, 0.05) is 42.7 Å². The van der Waals surface area contributed by atoms with Crippen molar-refractivity contribution < 1.29 is 33.4 Å². The summed E-state index contributed by atoms with van der Waals surface area (Å²) in [6.45, 7) is 3.71. The highest BCUT2D eigenvalue weighted by molar-refractivity contribution is 6.01. The Morgan fingerprint density at radius 1 is 1.20 bits per heavy atom. The zero-order chi connectivity index (χ0) is 24.9. The van der Waals surface area contributed by atoms with Crippen LogP contribution in [0.1, 0.15) is 39.9 Å². The van der Waals surface area contributed by atoms with Crippen LogP contribution in [0.3, 0.4) is 0 Å². The van der Waals surface area contributed by atoms with Crippen molar-refractivity contribution in [2.24, 2.45) is 5.73 Å². The summed E-state index contributed by atoms with van der Waals surface area (Å²) < 4.78 is 25.8. The van der Waals surface area contributed by atoms with Crippen molar-refractivity contribution in [3.8, 4) is 5.75 Å². The number of nitrogens with zero attached hydrogens (tertiary/aromatic N) is 2. The maximum Gasteiger partial charge on any atom is 0.303 e. The fourth-order valence-electron chi connectivity index (χ4n) is 4.43. The largest absolute Gasteiger partial charge is 0.488 e. The second kappa shape index (κ2) is 10.8. The van der Waals surface area contributed by atoms with Crippen molar-refractivity contribution >= 4 is 17.8 Å². The smallest absolute Gasteiger partial charge is 0.303 e. The molecule has 0 spiro atoms. The fraction of sp³-hybridized carbons (Fsp3) is 0.400. The Morgan fingerprint density at radius 2 is 1.97 bits per heavy atom. The Morgan fingerprint density at radius 3 is 2.69 bits per heavy atom. The van der Waals surface area contributed by atoms with E-state index in [0.717, 1.165) is 18.7 Å². The number of rotatable bonds is 10. The van der Waals surface area contributed by atoms with Gasteiger partial charge in [0.25, 0.3) is 5.91 Å². The van der Waals surface area contributed by atoms with E-state index in [-0.39, 0.29) is 31.8 Å². The number of carboxylic acid groups (broad SMARTS) is 1. The van der Waals surface area contributed by atoms with Gasteiger partial charge in [-0.25, -0.2) is 4.39 Å². The monoisotopic (exact) mass is 485 g/mol. The molecule has 2 amide bonds. The molecule has 2 aromatic rings. The van der Waals surface area contributed by atoms with E-state index in [1.165, 1.54) is 11.0 Å². The summed E-state index contributed by atoms with van der Waals surface area (Å²) in [7, 11) is 0. The average Bonchev–Trinajstić information content (AvgIpc) is 3.16. The van der Waals surface area contributed by atoms with Crippen LogP contribution in [0.5, 0.6) is 5.75 Å². The first-order chi connectivity index (χ1) is 16.8. The van der Waals surface area contributed by atoms with Crippen LogP contribution in [0, 0.1) is 5.82 Å². The highest BCUT2D eigenvalue weighted by atomic mass is 19.1. The van der Waals surface area contributed by atoms with E-state index < -0.39 is 23.8 Å². The van der Waals surface area contributed by atoms with Gasteiger partial charge in [0.2, 0.25) is 5.91 Å². The second-order valence-corrected chi connectivity index (χ2v) is 8.67. The molecule has 0 aromatic heterocycles. The normalized spacial score (nSPS) is 16.7. The van der Waals surface area contributed by atoms with Crippen molar-refractivity contribution in [1.29, 1.82) is 0 Å². The zero-order valence-corrected chi connectivity index (χ0v) is 19.2. The topological polar surface area (TPSA) is 122 Å². The molecule has 35 heavy (non-hydrogen) atoms.